The maximum Gasteiger partial charge on any atom is 0.490 e. The van der Waals surface area contributed by atoms with Gasteiger partial charge in [0.2, 0.25) is 10.0 Å². The quantitative estimate of drug-likeness (QED) is 0.692. The molecule has 0 radical (unpaired) electrons. The highest BCUT2D eigenvalue weighted by Gasteiger charge is 2.50. The van der Waals surface area contributed by atoms with Crippen LogP contribution in [-0.4, -0.2) is 91.9 Å². The number of carboxylic acid groups (broad SMARTS) is 1. The van der Waals surface area contributed by atoms with E-state index in [1.807, 2.05) is 4.90 Å². The molecule has 13 heteroatoms. The molecular formula is C19H26F3N3O6S. The number of nitrogens with zero attached hydrogens (tertiary/aromatic N) is 3. The summed E-state index contributed by atoms with van der Waals surface area (Å²) >= 11 is 0. The standard InChI is InChI=1S/C17H25N3O4S.C2HF3O2/c1-24-12-15-11-20(25(2,22)23)13-17(15)5-9-19(10-6-17)16(21)14-3-7-18-8-4-14;3-2(4,5)1(6)7/h3-4,7-8,15H,5-6,9-13H2,1-2H3;(H,6,7). The zero-order valence-electron chi connectivity index (χ0n) is 17.7. The van der Waals surface area contributed by atoms with E-state index in [0.717, 1.165) is 12.8 Å². The number of hydrogen-bond donors (Lipinski definition) is 1. The van der Waals surface area contributed by atoms with Crippen LogP contribution in [0.2, 0.25) is 0 Å². The van der Waals surface area contributed by atoms with Crippen LogP contribution in [0.3, 0.4) is 0 Å². The molecule has 9 nitrogen and oxygen atoms in total. The van der Waals surface area contributed by atoms with E-state index < -0.39 is 22.2 Å². The van der Waals surface area contributed by atoms with Crippen LogP contribution in [0.1, 0.15) is 23.2 Å². The minimum atomic E-state index is -5.08. The van der Waals surface area contributed by atoms with Gasteiger partial charge < -0.3 is 14.7 Å². The monoisotopic (exact) mass is 481 g/mol. The lowest BCUT2D eigenvalue weighted by atomic mass is 9.71. The fourth-order valence-electron chi connectivity index (χ4n) is 4.07. The number of methoxy groups -OCH3 is 1. The molecule has 2 saturated heterocycles. The summed E-state index contributed by atoms with van der Waals surface area (Å²) in [5.74, 6) is -2.57. The third kappa shape index (κ3) is 6.39. The first-order valence-corrected chi connectivity index (χ1v) is 11.6. The number of sulfonamides is 1. The lowest BCUT2D eigenvalue weighted by Crippen LogP contribution is -2.47. The minimum absolute atomic E-state index is 0.0125. The average Bonchev–Trinajstić information content (AvgIpc) is 3.07. The van der Waals surface area contributed by atoms with Crippen LogP contribution in [0.15, 0.2) is 24.5 Å². The molecule has 180 valence electrons. The van der Waals surface area contributed by atoms with Crippen LogP contribution in [0.5, 0.6) is 0 Å². The van der Waals surface area contributed by atoms with Crippen LogP contribution in [0.25, 0.3) is 0 Å². The van der Waals surface area contributed by atoms with Crippen molar-refractivity contribution in [2.45, 2.75) is 19.0 Å². The highest BCUT2D eigenvalue weighted by Crippen LogP contribution is 2.45. The summed E-state index contributed by atoms with van der Waals surface area (Å²) in [5, 5.41) is 7.12. The van der Waals surface area contributed by atoms with Crippen LogP contribution >= 0.6 is 0 Å². The Morgan fingerprint density at radius 2 is 1.78 bits per heavy atom. The van der Waals surface area contributed by atoms with E-state index in [1.165, 1.54) is 6.26 Å². The third-order valence-electron chi connectivity index (χ3n) is 5.83. The van der Waals surface area contributed by atoms with Gasteiger partial charge in [-0.05, 0) is 30.4 Å². The van der Waals surface area contributed by atoms with E-state index in [2.05, 4.69) is 4.98 Å². The molecule has 32 heavy (non-hydrogen) atoms. The predicted molar refractivity (Wildman–Crippen MR) is 107 cm³/mol. The Bertz CT molecular complexity index is 903. The number of hydrogen-bond acceptors (Lipinski definition) is 6. The van der Waals surface area contributed by atoms with Crippen molar-refractivity contribution in [1.29, 1.82) is 0 Å². The summed E-state index contributed by atoms with van der Waals surface area (Å²) < 4.78 is 62.6. The van der Waals surface area contributed by atoms with Crippen molar-refractivity contribution in [3.05, 3.63) is 30.1 Å². The Labute approximate surface area is 184 Å². The predicted octanol–water partition coefficient (Wildman–Crippen LogP) is 1.48. The largest absolute Gasteiger partial charge is 0.490 e. The number of carboxylic acids is 1. The number of piperidine rings is 1. The van der Waals surface area contributed by atoms with Crippen LogP contribution in [0.4, 0.5) is 13.2 Å². The molecule has 1 amide bonds. The van der Waals surface area contributed by atoms with Gasteiger partial charge in [0.25, 0.3) is 5.91 Å². The molecule has 0 saturated carbocycles. The van der Waals surface area contributed by atoms with Crippen molar-refractivity contribution in [2.24, 2.45) is 11.3 Å². The number of rotatable bonds is 4. The second-order valence-corrected chi connectivity index (χ2v) is 9.88. The lowest BCUT2D eigenvalue weighted by molar-refractivity contribution is -0.192. The summed E-state index contributed by atoms with van der Waals surface area (Å²) in [5.41, 5.74) is 0.539. The number of likely N-dealkylation sites (tertiary alicyclic amines) is 1. The van der Waals surface area contributed by atoms with Gasteiger partial charge in [0.05, 0.1) is 12.9 Å². The number of pyridine rings is 1. The molecule has 3 rings (SSSR count). The van der Waals surface area contributed by atoms with E-state index in [-0.39, 0.29) is 17.2 Å². The van der Waals surface area contributed by atoms with Gasteiger partial charge in [-0.2, -0.15) is 13.2 Å². The Morgan fingerprint density at radius 3 is 2.22 bits per heavy atom. The first-order valence-electron chi connectivity index (χ1n) is 9.73. The highest BCUT2D eigenvalue weighted by atomic mass is 32.2. The molecule has 1 N–H and O–H groups in total. The van der Waals surface area contributed by atoms with Crippen LogP contribution < -0.4 is 0 Å². The SMILES string of the molecule is COCC1CN(S(C)(=O)=O)CC12CCN(C(=O)c1ccncc1)CC2.O=C(O)C(F)(F)F. The molecular weight excluding hydrogens is 455 g/mol. The van der Waals surface area contributed by atoms with Gasteiger partial charge in [0.15, 0.2) is 0 Å². The lowest BCUT2D eigenvalue weighted by Gasteiger charge is -2.42. The number of amides is 1. The van der Waals surface area contributed by atoms with Gasteiger partial charge in [-0.3, -0.25) is 9.78 Å². The topological polar surface area (TPSA) is 117 Å². The van der Waals surface area contributed by atoms with Gasteiger partial charge in [0.1, 0.15) is 0 Å². The Balaban J connectivity index is 0.000000451. The molecule has 0 aromatic carbocycles. The molecule has 2 aliphatic rings. The fourth-order valence-corrected chi connectivity index (χ4v) is 5.01. The molecule has 1 atom stereocenters. The molecule has 0 bridgehead atoms. The number of carbonyl (C=O) groups is 2. The summed E-state index contributed by atoms with van der Waals surface area (Å²) in [7, 11) is -1.56. The van der Waals surface area contributed by atoms with E-state index in [1.54, 1.807) is 35.9 Å². The van der Waals surface area contributed by atoms with Crippen molar-refractivity contribution in [3.8, 4) is 0 Å². The molecule has 3 heterocycles. The van der Waals surface area contributed by atoms with Crippen molar-refractivity contribution in [1.82, 2.24) is 14.2 Å². The van der Waals surface area contributed by atoms with Gasteiger partial charge in [0, 0.05) is 57.2 Å². The number of ether oxygens (including phenoxy) is 1. The number of halogens is 3. The van der Waals surface area contributed by atoms with Crippen molar-refractivity contribution >= 4 is 21.9 Å². The Hall–Kier alpha value is -2.25. The molecule has 2 fully saturated rings. The second kappa shape index (κ2) is 10.1. The average molecular weight is 481 g/mol. The summed E-state index contributed by atoms with van der Waals surface area (Å²) in [6.07, 6.45) is 1.01. The van der Waals surface area contributed by atoms with Gasteiger partial charge >= 0.3 is 12.1 Å². The van der Waals surface area contributed by atoms with E-state index in [9.17, 15) is 26.4 Å². The second-order valence-electron chi connectivity index (χ2n) is 7.90. The van der Waals surface area contributed by atoms with Gasteiger partial charge in [-0.25, -0.2) is 17.5 Å². The normalized spacial score (nSPS) is 21.2. The molecule has 1 unspecified atom stereocenters. The maximum atomic E-state index is 12.6. The molecule has 1 aromatic rings. The summed E-state index contributed by atoms with van der Waals surface area (Å²) in [6, 6.07) is 3.45. The van der Waals surface area contributed by atoms with E-state index in [0.29, 0.717) is 38.3 Å². The smallest absolute Gasteiger partial charge is 0.475 e. The molecule has 0 aliphatic carbocycles. The van der Waals surface area contributed by atoms with Crippen LogP contribution in [0, 0.1) is 11.3 Å². The Kier molecular flexibility index (Phi) is 8.23. The molecule has 2 aliphatic heterocycles. The van der Waals surface area contributed by atoms with Crippen molar-refractivity contribution in [3.63, 3.8) is 0 Å². The van der Waals surface area contributed by atoms with E-state index >= 15 is 0 Å². The number of aromatic nitrogens is 1. The maximum absolute atomic E-state index is 12.6. The van der Waals surface area contributed by atoms with Crippen molar-refractivity contribution < 1.29 is 41.0 Å². The van der Waals surface area contributed by atoms with Crippen molar-refractivity contribution in [2.75, 3.05) is 46.2 Å². The van der Waals surface area contributed by atoms with Crippen LogP contribution in [-0.2, 0) is 19.6 Å². The van der Waals surface area contributed by atoms with Gasteiger partial charge in [-0.1, -0.05) is 0 Å². The molecule has 1 spiro atoms. The Morgan fingerprint density at radius 1 is 1.25 bits per heavy atom. The summed E-state index contributed by atoms with van der Waals surface area (Å²) in [4.78, 5) is 27.3. The first-order chi connectivity index (χ1) is 14.8. The van der Waals surface area contributed by atoms with Gasteiger partial charge in [-0.15, -0.1) is 0 Å². The first kappa shape index (κ1) is 26.0. The number of carbonyl (C=O) groups excluding carboxylic acids is 1. The van der Waals surface area contributed by atoms with E-state index in [4.69, 9.17) is 14.6 Å². The fraction of sp³-hybridized carbons (Fsp3) is 0.632. The summed E-state index contributed by atoms with van der Waals surface area (Å²) in [6.45, 7) is 2.85. The highest BCUT2D eigenvalue weighted by molar-refractivity contribution is 7.88. The third-order valence-corrected chi connectivity index (χ3v) is 7.05. The minimum Gasteiger partial charge on any atom is -0.475 e. The molecule has 1 aromatic heterocycles. The zero-order valence-corrected chi connectivity index (χ0v) is 18.5. The number of alkyl halides is 3. The number of aliphatic carboxylic acids is 1. The zero-order chi connectivity index (χ0) is 24.2.